The molecule has 0 saturated carbocycles. The molecule has 1 aromatic heterocycles. The molecule has 4 heteroatoms. The van der Waals surface area contributed by atoms with Crippen molar-refractivity contribution in [3.8, 4) is 0 Å². The molecule has 102 valence electrons. The van der Waals surface area contributed by atoms with E-state index in [1.54, 1.807) is 18.2 Å². The predicted octanol–water partition coefficient (Wildman–Crippen LogP) is 2.50. The standard InChI is InChI=1S/C16H15NO3/c1-10-6-8-20-15(10)14(18)12-5-4-11-3-2-7-17-16(19)13(11)9-12/h4-6,8-9H,2-3,7H2,1H3,(H,17,19). The van der Waals surface area contributed by atoms with Crippen LogP contribution in [-0.2, 0) is 6.42 Å². The first kappa shape index (κ1) is 12.7. The van der Waals surface area contributed by atoms with Crippen molar-refractivity contribution < 1.29 is 14.0 Å². The van der Waals surface area contributed by atoms with Gasteiger partial charge in [-0.2, -0.15) is 0 Å². The number of furan rings is 1. The maximum atomic E-state index is 12.4. The van der Waals surface area contributed by atoms with Gasteiger partial charge in [0.2, 0.25) is 5.78 Å². The molecule has 0 aliphatic carbocycles. The molecule has 0 unspecified atom stereocenters. The highest BCUT2D eigenvalue weighted by Gasteiger charge is 2.20. The Hall–Kier alpha value is -2.36. The number of carbonyl (C=O) groups excluding carboxylic acids is 2. The van der Waals surface area contributed by atoms with Crippen LogP contribution in [0.5, 0.6) is 0 Å². The van der Waals surface area contributed by atoms with Crippen molar-refractivity contribution in [1.82, 2.24) is 5.32 Å². The Balaban J connectivity index is 2.02. The summed E-state index contributed by atoms with van der Waals surface area (Å²) >= 11 is 0. The fourth-order valence-corrected chi connectivity index (χ4v) is 2.46. The van der Waals surface area contributed by atoms with Gasteiger partial charge in [0.25, 0.3) is 5.91 Å². The second-order valence-corrected chi connectivity index (χ2v) is 4.99. The summed E-state index contributed by atoms with van der Waals surface area (Å²) in [7, 11) is 0. The number of carbonyl (C=O) groups is 2. The van der Waals surface area contributed by atoms with E-state index in [-0.39, 0.29) is 11.7 Å². The van der Waals surface area contributed by atoms with Crippen molar-refractivity contribution in [3.63, 3.8) is 0 Å². The van der Waals surface area contributed by atoms with Crippen LogP contribution in [0.15, 0.2) is 34.9 Å². The van der Waals surface area contributed by atoms with E-state index in [1.165, 1.54) is 6.26 Å². The zero-order chi connectivity index (χ0) is 14.1. The third-order valence-corrected chi connectivity index (χ3v) is 3.59. The average Bonchev–Trinajstić information content (AvgIpc) is 2.79. The van der Waals surface area contributed by atoms with Gasteiger partial charge >= 0.3 is 0 Å². The van der Waals surface area contributed by atoms with E-state index in [4.69, 9.17) is 4.42 Å². The molecule has 1 aliphatic heterocycles. The lowest BCUT2D eigenvalue weighted by Gasteiger charge is -2.07. The summed E-state index contributed by atoms with van der Waals surface area (Å²) in [4.78, 5) is 24.4. The van der Waals surface area contributed by atoms with Crippen molar-refractivity contribution in [2.75, 3.05) is 6.54 Å². The summed E-state index contributed by atoms with van der Waals surface area (Å²) in [5.74, 6) is 0.0367. The number of hydrogen-bond donors (Lipinski definition) is 1. The Bertz CT molecular complexity index is 685. The summed E-state index contributed by atoms with van der Waals surface area (Å²) in [5.41, 5.74) is 2.87. The minimum Gasteiger partial charge on any atom is -0.461 e. The molecular weight excluding hydrogens is 254 g/mol. The van der Waals surface area contributed by atoms with Gasteiger partial charge < -0.3 is 9.73 Å². The van der Waals surface area contributed by atoms with Crippen LogP contribution in [0, 0.1) is 6.92 Å². The first-order valence-electron chi connectivity index (χ1n) is 6.67. The Morgan fingerprint density at radius 2 is 2.15 bits per heavy atom. The summed E-state index contributed by atoms with van der Waals surface area (Å²) < 4.78 is 5.23. The molecule has 1 N–H and O–H groups in total. The number of ketones is 1. The molecule has 2 heterocycles. The normalized spacial score (nSPS) is 14.3. The van der Waals surface area contributed by atoms with Crippen LogP contribution in [0.2, 0.25) is 0 Å². The Morgan fingerprint density at radius 3 is 2.90 bits per heavy atom. The first-order valence-corrected chi connectivity index (χ1v) is 6.67. The van der Waals surface area contributed by atoms with Crippen LogP contribution in [-0.4, -0.2) is 18.2 Å². The molecule has 4 nitrogen and oxygen atoms in total. The van der Waals surface area contributed by atoms with E-state index in [0.29, 0.717) is 23.4 Å². The predicted molar refractivity (Wildman–Crippen MR) is 74.0 cm³/mol. The number of nitrogens with one attached hydrogen (secondary N) is 1. The van der Waals surface area contributed by atoms with E-state index in [0.717, 1.165) is 24.0 Å². The summed E-state index contributed by atoms with van der Waals surface area (Å²) in [5, 5.41) is 2.84. The van der Waals surface area contributed by atoms with E-state index < -0.39 is 0 Å². The number of hydrogen-bond acceptors (Lipinski definition) is 3. The first-order chi connectivity index (χ1) is 9.66. The highest BCUT2D eigenvalue weighted by Crippen LogP contribution is 2.20. The highest BCUT2D eigenvalue weighted by molar-refractivity contribution is 6.09. The molecule has 2 aromatic rings. The molecule has 20 heavy (non-hydrogen) atoms. The fourth-order valence-electron chi connectivity index (χ4n) is 2.46. The lowest BCUT2D eigenvalue weighted by Crippen LogP contribution is -2.22. The fraction of sp³-hybridized carbons (Fsp3) is 0.250. The average molecular weight is 269 g/mol. The van der Waals surface area contributed by atoms with Crippen LogP contribution in [0.1, 0.15) is 44.0 Å². The van der Waals surface area contributed by atoms with Crippen LogP contribution < -0.4 is 5.32 Å². The lowest BCUT2D eigenvalue weighted by molar-refractivity contribution is 0.0956. The van der Waals surface area contributed by atoms with Crippen molar-refractivity contribution in [1.29, 1.82) is 0 Å². The molecule has 1 amide bonds. The third-order valence-electron chi connectivity index (χ3n) is 3.59. The maximum absolute atomic E-state index is 12.4. The highest BCUT2D eigenvalue weighted by atomic mass is 16.3. The Kier molecular flexibility index (Phi) is 3.14. The largest absolute Gasteiger partial charge is 0.461 e. The van der Waals surface area contributed by atoms with Gasteiger partial charge in [-0.3, -0.25) is 9.59 Å². The topological polar surface area (TPSA) is 59.3 Å². The van der Waals surface area contributed by atoms with Crippen LogP contribution in [0.3, 0.4) is 0 Å². The van der Waals surface area contributed by atoms with E-state index in [2.05, 4.69) is 5.32 Å². The number of fused-ring (bicyclic) bond motifs is 1. The van der Waals surface area contributed by atoms with Gasteiger partial charge in [0.15, 0.2) is 5.76 Å². The van der Waals surface area contributed by atoms with Crippen molar-refractivity contribution in [3.05, 3.63) is 58.5 Å². The maximum Gasteiger partial charge on any atom is 0.251 e. The minimum atomic E-state index is -0.188. The second kappa shape index (κ2) is 4.96. The summed E-state index contributed by atoms with van der Waals surface area (Å²) in [6.45, 7) is 2.50. The van der Waals surface area contributed by atoms with Gasteiger partial charge in [-0.15, -0.1) is 0 Å². The van der Waals surface area contributed by atoms with E-state index >= 15 is 0 Å². The molecule has 0 atom stereocenters. The Labute approximate surface area is 116 Å². The van der Waals surface area contributed by atoms with Gasteiger partial charge in [0.05, 0.1) is 6.26 Å². The number of aryl methyl sites for hydroxylation is 2. The molecule has 0 radical (unpaired) electrons. The second-order valence-electron chi connectivity index (χ2n) is 4.99. The number of amides is 1. The Morgan fingerprint density at radius 1 is 1.30 bits per heavy atom. The van der Waals surface area contributed by atoms with Gasteiger partial charge in [-0.1, -0.05) is 12.1 Å². The van der Waals surface area contributed by atoms with Crippen LogP contribution in [0.25, 0.3) is 0 Å². The quantitative estimate of drug-likeness (QED) is 0.852. The van der Waals surface area contributed by atoms with Crippen molar-refractivity contribution >= 4 is 11.7 Å². The lowest BCUT2D eigenvalue weighted by atomic mass is 9.98. The zero-order valence-corrected chi connectivity index (χ0v) is 11.2. The molecule has 0 spiro atoms. The van der Waals surface area contributed by atoms with E-state index in [9.17, 15) is 9.59 Å². The number of rotatable bonds is 2. The van der Waals surface area contributed by atoms with Gasteiger partial charge in [-0.05, 0) is 43.0 Å². The monoisotopic (exact) mass is 269 g/mol. The van der Waals surface area contributed by atoms with E-state index in [1.807, 2.05) is 13.0 Å². The van der Waals surface area contributed by atoms with Crippen molar-refractivity contribution in [2.45, 2.75) is 19.8 Å². The molecule has 1 aromatic carbocycles. The molecule has 0 saturated heterocycles. The summed E-state index contributed by atoms with van der Waals surface area (Å²) in [6.07, 6.45) is 3.27. The molecule has 3 rings (SSSR count). The minimum absolute atomic E-state index is 0.108. The smallest absolute Gasteiger partial charge is 0.251 e. The molecule has 1 aliphatic rings. The molecule has 0 bridgehead atoms. The van der Waals surface area contributed by atoms with Crippen molar-refractivity contribution in [2.24, 2.45) is 0 Å². The number of benzene rings is 1. The molecule has 0 fully saturated rings. The molecular formula is C16H15NO3. The van der Waals surface area contributed by atoms with Gasteiger partial charge in [0, 0.05) is 17.7 Å². The van der Waals surface area contributed by atoms with Crippen LogP contribution in [0.4, 0.5) is 0 Å². The van der Waals surface area contributed by atoms with Gasteiger partial charge in [-0.25, -0.2) is 0 Å². The SMILES string of the molecule is Cc1ccoc1C(=O)c1ccc2c(c1)C(=O)NCCC2. The summed E-state index contributed by atoms with van der Waals surface area (Å²) in [6, 6.07) is 7.05. The van der Waals surface area contributed by atoms with Crippen LogP contribution >= 0.6 is 0 Å². The van der Waals surface area contributed by atoms with Gasteiger partial charge in [0.1, 0.15) is 0 Å². The third kappa shape index (κ3) is 2.13. The zero-order valence-electron chi connectivity index (χ0n) is 11.2.